The first-order chi connectivity index (χ1) is 37.0. The van der Waals surface area contributed by atoms with E-state index in [9.17, 15) is 19.4 Å². The van der Waals surface area contributed by atoms with Gasteiger partial charge in [-0.3, -0.25) is 13.8 Å². The van der Waals surface area contributed by atoms with Crippen molar-refractivity contribution in [2.45, 2.75) is 231 Å². The van der Waals surface area contributed by atoms with Crippen molar-refractivity contribution in [3.63, 3.8) is 0 Å². The van der Waals surface area contributed by atoms with Gasteiger partial charge in [0.1, 0.15) is 13.2 Å². The lowest BCUT2D eigenvalue weighted by Gasteiger charge is -2.25. The lowest BCUT2D eigenvalue weighted by molar-refractivity contribution is -0.870. The maximum absolute atomic E-state index is 13.0. The van der Waals surface area contributed by atoms with E-state index in [1.807, 2.05) is 27.2 Å². The molecule has 0 aromatic heterocycles. The zero-order valence-corrected chi connectivity index (χ0v) is 50.1. The Morgan fingerprint density at radius 1 is 0.461 bits per heavy atom. The van der Waals surface area contributed by atoms with Crippen LogP contribution in [0.5, 0.6) is 0 Å². The first-order valence-corrected chi connectivity index (χ1v) is 31.7. The lowest BCUT2D eigenvalue weighted by Crippen LogP contribution is -2.45. The van der Waals surface area contributed by atoms with Crippen molar-refractivity contribution in [2.75, 3.05) is 40.9 Å². The van der Waals surface area contributed by atoms with E-state index in [0.29, 0.717) is 23.9 Å². The third kappa shape index (κ3) is 58.1. The molecular formula is C67H114N2O6P+. The van der Waals surface area contributed by atoms with Gasteiger partial charge in [-0.25, -0.2) is 4.57 Å². The standard InChI is InChI=1S/C67H113N2O6P/c1-6-8-10-12-14-16-18-20-22-24-25-26-27-28-29-30-31-32-33-34-35-36-37-38-39-40-41-42-43-45-47-49-51-53-55-57-59-61-67(71)68-65(64-75-76(72,73)74-63-62-69(3,4)5)66(70)60-58-56-54-52-50-48-46-44-23-21-19-17-15-13-11-9-7-2/h8,10,14,16,20,22,25-26,28-29,31-32,34-35,37-38,40-41,43,45,49,51,58,60,65-66,70H,6-7,9,11-13,15,17-19,21,23-24,27,30,33,36,39,42,44,46-48,50,52-57,59,61-64H2,1-5H3,(H-,68,71,72,73)/p+1/b10-8-,16-14-,22-20-,26-25-,29-28-,32-31-,35-34-,38-37-,41-40-,45-43-,51-49-,60-58+. The third-order valence-electron chi connectivity index (χ3n) is 12.6. The topological polar surface area (TPSA) is 105 Å². The second kappa shape index (κ2) is 56.1. The van der Waals surface area contributed by atoms with Gasteiger partial charge < -0.3 is 19.8 Å². The van der Waals surface area contributed by atoms with E-state index >= 15 is 0 Å². The molecule has 1 amide bonds. The van der Waals surface area contributed by atoms with Crippen molar-refractivity contribution in [3.8, 4) is 0 Å². The van der Waals surface area contributed by atoms with E-state index in [1.54, 1.807) is 6.08 Å². The quantitative estimate of drug-likeness (QED) is 0.0243. The number of phosphoric acid groups is 1. The number of unbranched alkanes of at least 4 members (excludes halogenated alkanes) is 18. The van der Waals surface area contributed by atoms with Gasteiger partial charge in [-0.15, -0.1) is 0 Å². The first kappa shape index (κ1) is 72.4. The number of hydrogen-bond donors (Lipinski definition) is 3. The zero-order valence-electron chi connectivity index (χ0n) is 49.2. The van der Waals surface area contributed by atoms with Gasteiger partial charge in [-0.1, -0.05) is 256 Å². The highest BCUT2D eigenvalue weighted by Gasteiger charge is 2.27. The number of nitrogens with one attached hydrogen (secondary N) is 1. The molecule has 0 spiro atoms. The monoisotopic (exact) mass is 1070 g/mol. The molecule has 3 N–H and O–H groups in total. The number of amides is 1. The average Bonchev–Trinajstić information content (AvgIpc) is 3.38. The number of phosphoric ester groups is 1. The molecule has 9 heteroatoms. The Morgan fingerprint density at radius 2 is 0.789 bits per heavy atom. The summed E-state index contributed by atoms with van der Waals surface area (Å²) in [6, 6.07) is -0.876. The van der Waals surface area contributed by atoms with Gasteiger partial charge in [0.15, 0.2) is 0 Å². The van der Waals surface area contributed by atoms with Crippen LogP contribution in [0, 0.1) is 0 Å². The molecule has 3 atom stereocenters. The summed E-state index contributed by atoms with van der Waals surface area (Å²) in [4.78, 5) is 23.3. The number of carbonyl (C=O) groups excluding carboxylic acids is 1. The molecular weight excluding hydrogens is 960 g/mol. The molecule has 76 heavy (non-hydrogen) atoms. The second-order valence-electron chi connectivity index (χ2n) is 21.0. The third-order valence-corrected chi connectivity index (χ3v) is 13.5. The van der Waals surface area contributed by atoms with E-state index in [0.717, 1.165) is 109 Å². The minimum atomic E-state index is -4.37. The molecule has 0 saturated heterocycles. The summed E-state index contributed by atoms with van der Waals surface area (Å²) in [6.45, 7) is 4.66. The van der Waals surface area contributed by atoms with Crippen LogP contribution in [-0.4, -0.2) is 73.4 Å². The summed E-state index contributed by atoms with van der Waals surface area (Å²) in [5.74, 6) is -0.214. The highest BCUT2D eigenvalue weighted by atomic mass is 31.2. The smallest absolute Gasteiger partial charge is 0.387 e. The number of likely N-dealkylation sites (N-methyl/N-ethyl adjacent to an activating group) is 1. The molecule has 0 aromatic carbocycles. The average molecular weight is 1070 g/mol. The van der Waals surface area contributed by atoms with E-state index in [2.05, 4.69) is 153 Å². The molecule has 0 rings (SSSR count). The fraction of sp³-hybridized carbons (Fsp3) is 0.627. The fourth-order valence-electron chi connectivity index (χ4n) is 7.87. The highest BCUT2D eigenvalue weighted by Crippen LogP contribution is 2.43. The summed E-state index contributed by atoms with van der Waals surface area (Å²) in [7, 11) is 1.53. The lowest BCUT2D eigenvalue weighted by atomic mass is 10.0. The van der Waals surface area contributed by atoms with Crippen LogP contribution in [0.4, 0.5) is 0 Å². The number of aliphatic hydroxyl groups is 1. The number of rotatable bonds is 53. The predicted octanol–water partition coefficient (Wildman–Crippen LogP) is 18.9. The van der Waals surface area contributed by atoms with Crippen LogP contribution in [-0.2, 0) is 18.4 Å². The number of nitrogens with zero attached hydrogens (tertiary/aromatic N) is 1. The van der Waals surface area contributed by atoms with E-state index in [4.69, 9.17) is 9.05 Å². The van der Waals surface area contributed by atoms with Gasteiger partial charge in [0.2, 0.25) is 5.91 Å². The number of allylic oxidation sites excluding steroid dienone is 23. The molecule has 0 fully saturated rings. The normalized spacial score (nSPS) is 14.9. The van der Waals surface area contributed by atoms with Gasteiger partial charge in [-0.05, 0) is 103 Å². The maximum Gasteiger partial charge on any atom is 0.472 e. The summed E-state index contributed by atoms with van der Waals surface area (Å²) in [6.07, 6.45) is 86.7. The zero-order chi connectivity index (χ0) is 55.6. The van der Waals surface area contributed by atoms with Crippen molar-refractivity contribution in [3.05, 3.63) is 146 Å². The Balaban J connectivity index is 4.28. The van der Waals surface area contributed by atoms with Crippen molar-refractivity contribution in [1.82, 2.24) is 5.32 Å². The van der Waals surface area contributed by atoms with Crippen molar-refractivity contribution < 1.29 is 32.9 Å². The van der Waals surface area contributed by atoms with Crippen LogP contribution < -0.4 is 5.32 Å². The molecule has 0 bridgehead atoms. The number of hydrogen-bond acceptors (Lipinski definition) is 5. The molecule has 8 nitrogen and oxygen atoms in total. The van der Waals surface area contributed by atoms with Crippen LogP contribution >= 0.6 is 7.82 Å². The Hall–Kier alpha value is -3.62. The van der Waals surface area contributed by atoms with Crippen LogP contribution in [0.25, 0.3) is 0 Å². The number of carbonyl (C=O) groups is 1. The van der Waals surface area contributed by atoms with Crippen molar-refractivity contribution in [2.24, 2.45) is 0 Å². The van der Waals surface area contributed by atoms with Crippen LogP contribution in [0.3, 0.4) is 0 Å². The number of quaternary nitrogens is 1. The fourth-order valence-corrected chi connectivity index (χ4v) is 8.60. The van der Waals surface area contributed by atoms with Gasteiger partial charge in [0, 0.05) is 6.42 Å². The SMILES string of the molecule is CC/C=C\C/C=C\C/C=C\C/C=C\C/C=C\C/C=C\C/C=C\C/C=C\C/C=C\C/C=C\C/C=C\CCCCCC(=O)NC(COP(=O)(O)OCC[N+](C)(C)C)C(O)/C=C/CCCCCCCCCCCCCCCCC. The van der Waals surface area contributed by atoms with Gasteiger partial charge >= 0.3 is 7.82 Å². The summed E-state index contributed by atoms with van der Waals surface area (Å²) in [5, 5.41) is 13.9. The molecule has 0 aliphatic rings. The summed E-state index contributed by atoms with van der Waals surface area (Å²) < 4.78 is 23.7. The Morgan fingerprint density at radius 3 is 1.16 bits per heavy atom. The Labute approximate surface area is 468 Å². The van der Waals surface area contributed by atoms with E-state index < -0.39 is 20.0 Å². The van der Waals surface area contributed by atoms with Gasteiger partial charge in [-0.2, -0.15) is 0 Å². The first-order valence-electron chi connectivity index (χ1n) is 30.2. The maximum atomic E-state index is 13.0. The van der Waals surface area contributed by atoms with E-state index in [-0.39, 0.29) is 19.1 Å². The molecule has 432 valence electrons. The predicted molar refractivity (Wildman–Crippen MR) is 331 cm³/mol. The molecule has 3 unspecified atom stereocenters. The van der Waals surface area contributed by atoms with E-state index in [1.165, 1.54) is 83.5 Å². The molecule has 0 saturated carbocycles. The largest absolute Gasteiger partial charge is 0.472 e. The highest BCUT2D eigenvalue weighted by molar-refractivity contribution is 7.47. The van der Waals surface area contributed by atoms with Crippen molar-refractivity contribution in [1.29, 1.82) is 0 Å². The van der Waals surface area contributed by atoms with Crippen LogP contribution in [0.2, 0.25) is 0 Å². The summed E-state index contributed by atoms with van der Waals surface area (Å²) >= 11 is 0. The molecule has 0 aliphatic heterocycles. The molecule has 0 radical (unpaired) electrons. The van der Waals surface area contributed by atoms with Crippen molar-refractivity contribution >= 4 is 13.7 Å². The second-order valence-corrected chi connectivity index (χ2v) is 22.4. The van der Waals surface area contributed by atoms with Gasteiger partial charge in [0.05, 0.1) is 39.9 Å². The Kier molecular flexibility index (Phi) is 53.4. The van der Waals surface area contributed by atoms with Crippen LogP contribution in [0.1, 0.15) is 219 Å². The Bertz CT molecular complexity index is 1740. The molecule has 0 aromatic rings. The molecule has 0 aliphatic carbocycles. The summed E-state index contributed by atoms with van der Waals surface area (Å²) in [5.41, 5.74) is 0. The van der Waals surface area contributed by atoms with Gasteiger partial charge in [0.25, 0.3) is 0 Å². The van der Waals surface area contributed by atoms with Crippen LogP contribution in [0.15, 0.2) is 146 Å². The molecule has 0 heterocycles. The minimum absolute atomic E-state index is 0.0469. The number of aliphatic hydroxyl groups excluding tert-OH is 1. The minimum Gasteiger partial charge on any atom is -0.387 e.